The lowest BCUT2D eigenvalue weighted by atomic mass is 9.93. The van der Waals surface area contributed by atoms with Gasteiger partial charge < -0.3 is 19.3 Å². The maximum absolute atomic E-state index is 12.7. The molecule has 1 aliphatic rings. The summed E-state index contributed by atoms with van der Waals surface area (Å²) in [6.07, 6.45) is 4.36. The third-order valence-electron chi connectivity index (χ3n) is 6.07. The van der Waals surface area contributed by atoms with Crippen molar-refractivity contribution in [1.29, 1.82) is 0 Å². The van der Waals surface area contributed by atoms with E-state index in [0.29, 0.717) is 11.1 Å². The van der Waals surface area contributed by atoms with Crippen LogP contribution in [0.15, 0.2) is 19.7 Å². The lowest BCUT2D eigenvalue weighted by Crippen LogP contribution is -2.38. The number of carboxylic acids is 1. The molecule has 1 amide bonds. The Morgan fingerprint density at radius 2 is 1.80 bits per heavy atom. The average molecular weight is 411 g/mol. The van der Waals surface area contributed by atoms with E-state index in [1.165, 1.54) is 12.5 Å². The van der Waals surface area contributed by atoms with Crippen LogP contribution in [0.5, 0.6) is 0 Å². The number of carboxylic acid groups (broad SMARTS) is 1. The lowest BCUT2D eigenvalue weighted by molar-refractivity contribution is -0.141. The summed E-state index contributed by atoms with van der Waals surface area (Å²) in [7, 11) is 0. The van der Waals surface area contributed by atoms with Crippen molar-refractivity contribution in [3.8, 4) is 0 Å². The molecule has 0 radical (unpaired) electrons. The van der Waals surface area contributed by atoms with Gasteiger partial charge in [0.1, 0.15) is 23.0 Å². The standard InChI is InChI=1S/C23H25NO6/c1-11-14(8-9-19(25)24-13(3)22(26)27)23(28)30-20-12(2)21-17(10-16(11)20)15-6-4-5-7-18(15)29-21/h10,13H,4-9H2,1-3H3,(H,24,25)(H,26,27)/t13-/m1/s1. The summed E-state index contributed by atoms with van der Waals surface area (Å²) >= 11 is 0. The van der Waals surface area contributed by atoms with E-state index < -0.39 is 23.5 Å². The molecule has 0 spiro atoms. The van der Waals surface area contributed by atoms with E-state index in [-0.39, 0.29) is 12.8 Å². The molecule has 0 saturated carbocycles. The maximum Gasteiger partial charge on any atom is 0.339 e. The Balaban J connectivity index is 1.73. The first-order chi connectivity index (χ1) is 14.3. The number of aryl methyl sites for hydroxylation is 4. The molecule has 1 atom stereocenters. The molecule has 0 aliphatic heterocycles. The molecule has 1 aliphatic carbocycles. The fourth-order valence-electron chi connectivity index (χ4n) is 4.32. The molecule has 4 rings (SSSR count). The zero-order valence-corrected chi connectivity index (χ0v) is 17.4. The molecule has 7 nitrogen and oxygen atoms in total. The van der Waals surface area contributed by atoms with E-state index in [1.54, 1.807) is 0 Å². The summed E-state index contributed by atoms with van der Waals surface area (Å²) in [6, 6.07) is 1.06. The van der Waals surface area contributed by atoms with Gasteiger partial charge in [0.2, 0.25) is 5.91 Å². The summed E-state index contributed by atoms with van der Waals surface area (Å²) < 4.78 is 11.8. The van der Waals surface area contributed by atoms with Crippen molar-refractivity contribution in [2.45, 2.75) is 65.3 Å². The minimum atomic E-state index is -1.10. The summed E-state index contributed by atoms with van der Waals surface area (Å²) in [4.78, 5) is 35.6. The fourth-order valence-corrected chi connectivity index (χ4v) is 4.32. The molecule has 2 N–H and O–H groups in total. The van der Waals surface area contributed by atoms with Crippen LogP contribution in [0, 0.1) is 13.8 Å². The van der Waals surface area contributed by atoms with Crippen molar-refractivity contribution in [2.24, 2.45) is 0 Å². The van der Waals surface area contributed by atoms with Crippen LogP contribution >= 0.6 is 0 Å². The molecule has 7 heteroatoms. The summed E-state index contributed by atoms with van der Waals surface area (Å²) in [5, 5.41) is 13.2. The van der Waals surface area contributed by atoms with E-state index in [2.05, 4.69) is 5.32 Å². The molecule has 30 heavy (non-hydrogen) atoms. The molecule has 2 heterocycles. The lowest BCUT2D eigenvalue weighted by Gasteiger charge is -2.12. The predicted octanol–water partition coefficient (Wildman–Crippen LogP) is 3.56. The van der Waals surface area contributed by atoms with Gasteiger partial charge in [-0.05, 0) is 58.1 Å². The van der Waals surface area contributed by atoms with Gasteiger partial charge in [0.05, 0.1) is 0 Å². The molecule has 2 aromatic heterocycles. The van der Waals surface area contributed by atoms with Crippen LogP contribution in [-0.4, -0.2) is 23.0 Å². The maximum atomic E-state index is 12.7. The zero-order chi connectivity index (χ0) is 21.6. The first-order valence-electron chi connectivity index (χ1n) is 10.3. The molecular formula is C23H25NO6. The molecule has 3 aromatic rings. The number of amides is 1. The number of hydrogen-bond acceptors (Lipinski definition) is 5. The van der Waals surface area contributed by atoms with Crippen molar-refractivity contribution in [3.05, 3.63) is 44.5 Å². The fraction of sp³-hybridized carbons (Fsp3) is 0.435. The highest BCUT2D eigenvalue weighted by molar-refractivity contribution is 6.00. The second-order valence-corrected chi connectivity index (χ2v) is 8.09. The van der Waals surface area contributed by atoms with E-state index in [1.807, 2.05) is 19.9 Å². The molecule has 0 saturated heterocycles. The van der Waals surface area contributed by atoms with Gasteiger partial charge in [0.15, 0.2) is 0 Å². The largest absolute Gasteiger partial charge is 0.480 e. The van der Waals surface area contributed by atoms with Crippen LogP contribution in [0.2, 0.25) is 0 Å². The number of nitrogens with one attached hydrogen (secondary N) is 1. The van der Waals surface area contributed by atoms with E-state index in [0.717, 1.165) is 58.9 Å². The number of rotatable bonds is 5. The van der Waals surface area contributed by atoms with Crippen molar-refractivity contribution in [1.82, 2.24) is 5.32 Å². The van der Waals surface area contributed by atoms with Crippen LogP contribution in [0.4, 0.5) is 0 Å². The normalized spacial score (nSPS) is 14.6. The number of carbonyl (C=O) groups excluding carboxylic acids is 1. The van der Waals surface area contributed by atoms with Crippen LogP contribution in [0.1, 0.15) is 54.2 Å². The van der Waals surface area contributed by atoms with E-state index >= 15 is 0 Å². The Bertz CT molecular complexity index is 1230. The molecular weight excluding hydrogens is 386 g/mol. The van der Waals surface area contributed by atoms with Crippen molar-refractivity contribution in [2.75, 3.05) is 0 Å². The van der Waals surface area contributed by atoms with Gasteiger partial charge >= 0.3 is 11.6 Å². The van der Waals surface area contributed by atoms with Crippen molar-refractivity contribution in [3.63, 3.8) is 0 Å². The minimum absolute atomic E-state index is 0.0110. The highest BCUT2D eigenvalue weighted by atomic mass is 16.4. The first-order valence-corrected chi connectivity index (χ1v) is 10.3. The topological polar surface area (TPSA) is 110 Å². The van der Waals surface area contributed by atoms with Crippen molar-refractivity contribution >= 4 is 33.8 Å². The van der Waals surface area contributed by atoms with Gasteiger partial charge in [-0.15, -0.1) is 0 Å². The quantitative estimate of drug-likeness (QED) is 0.621. The Hall–Kier alpha value is -3.09. The number of benzene rings is 1. The SMILES string of the molecule is Cc1c(CCC(=O)N[C@H](C)C(=O)O)c(=O)oc2c(C)c3oc4c(c3cc12)CCCC4. The second-order valence-electron chi connectivity index (χ2n) is 8.09. The summed E-state index contributed by atoms with van der Waals surface area (Å²) in [5.41, 5.74) is 4.12. The van der Waals surface area contributed by atoms with Gasteiger partial charge in [-0.2, -0.15) is 0 Å². The van der Waals surface area contributed by atoms with E-state index in [9.17, 15) is 14.4 Å². The average Bonchev–Trinajstić information content (AvgIpc) is 3.08. The smallest absolute Gasteiger partial charge is 0.339 e. The monoisotopic (exact) mass is 411 g/mol. The third-order valence-corrected chi connectivity index (χ3v) is 6.07. The molecule has 1 aromatic carbocycles. The number of furan rings is 1. The first kappa shape index (κ1) is 20.2. The Labute approximate surface area is 173 Å². The number of fused-ring (bicyclic) bond motifs is 4. The van der Waals surface area contributed by atoms with Crippen LogP contribution in [0.25, 0.3) is 21.9 Å². The predicted molar refractivity (Wildman–Crippen MR) is 112 cm³/mol. The third kappa shape index (κ3) is 3.38. The minimum Gasteiger partial charge on any atom is -0.480 e. The summed E-state index contributed by atoms with van der Waals surface area (Å²) in [5.74, 6) is -0.494. The summed E-state index contributed by atoms with van der Waals surface area (Å²) in [6.45, 7) is 5.17. The van der Waals surface area contributed by atoms with Gasteiger partial charge in [-0.25, -0.2) is 4.79 Å². The van der Waals surface area contributed by atoms with Gasteiger partial charge in [-0.1, -0.05) is 0 Å². The number of aliphatic carboxylic acids is 1. The molecule has 0 fully saturated rings. The molecule has 158 valence electrons. The van der Waals surface area contributed by atoms with Crippen LogP contribution in [-0.2, 0) is 28.9 Å². The van der Waals surface area contributed by atoms with Crippen LogP contribution < -0.4 is 10.9 Å². The van der Waals surface area contributed by atoms with Gasteiger partial charge in [0.25, 0.3) is 0 Å². The van der Waals surface area contributed by atoms with E-state index in [4.69, 9.17) is 13.9 Å². The molecule has 0 unspecified atom stereocenters. The Morgan fingerprint density at radius 1 is 1.10 bits per heavy atom. The highest BCUT2D eigenvalue weighted by Crippen LogP contribution is 2.37. The van der Waals surface area contributed by atoms with Gasteiger partial charge in [0, 0.05) is 40.3 Å². The van der Waals surface area contributed by atoms with Crippen molar-refractivity contribution < 1.29 is 23.5 Å². The Morgan fingerprint density at radius 3 is 2.53 bits per heavy atom. The highest BCUT2D eigenvalue weighted by Gasteiger charge is 2.23. The Kier molecular flexibility index (Phi) is 5.13. The number of carbonyl (C=O) groups is 2. The zero-order valence-electron chi connectivity index (χ0n) is 17.4. The van der Waals surface area contributed by atoms with Crippen LogP contribution in [0.3, 0.4) is 0 Å². The molecule has 0 bridgehead atoms. The second kappa shape index (κ2) is 7.63. The van der Waals surface area contributed by atoms with Gasteiger partial charge in [-0.3, -0.25) is 9.59 Å². The number of hydrogen-bond donors (Lipinski definition) is 2.